The van der Waals surface area contributed by atoms with Crippen molar-refractivity contribution in [3.63, 3.8) is 0 Å². The van der Waals surface area contributed by atoms with E-state index in [2.05, 4.69) is 4.98 Å². The van der Waals surface area contributed by atoms with Crippen LogP contribution in [0.2, 0.25) is 0 Å². The molecular formula is C23H18FN3O4S. The summed E-state index contributed by atoms with van der Waals surface area (Å²) in [6, 6.07) is 13.6. The number of imide groups is 1. The van der Waals surface area contributed by atoms with Crippen LogP contribution in [-0.2, 0) is 23.0 Å². The minimum Gasteiger partial charge on any atom is -0.268 e. The van der Waals surface area contributed by atoms with Gasteiger partial charge in [-0.05, 0) is 54.3 Å². The molecule has 5 rings (SSSR count). The molecule has 0 bridgehead atoms. The molecule has 0 unspecified atom stereocenters. The second-order valence-electron chi connectivity index (χ2n) is 7.66. The number of anilines is 1. The molecule has 0 aliphatic carbocycles. The van der Waals surface area contributed by atoms with Gasteiger partial charge >= 0.3 is 0 Å². The number of nitrogens with zero attached hydrogens (tertiary/aromatic N) is 3. The van der Waals surface area contributed by atoms with Crippen molar-refractivity contribution in [3.05, 3.63) is 89.0 Å². The van der Waals surface area contributed by atoms with E-state index in [-0.39, 0.29) is 34.8 Å². The van der Waals surface area contributed by atoms with Crippen molar-refractivity contribution in [2.45, 2.75) is 24.3 Å². The normalized spacial score (nSPS) is 15.7. The van der Waals surface area contributed by atoms with E-state index in [0.29, 0.717) is 12.1 Å². The average molecular weight is 451 g/mol. The number of benzene rings is 2. The molecule has 0 atom stereocenters. The molecule has 2 amide bonds. The van der Waals surface area contributed by atoms with Crippen LogP contribution in [0.4, 0.5) is 10.1 Å². The molecule has 3 heterocycles. The Hall–Kier alpha value is -3.59. The van der Waals surface area contributed by atoms with Gasteiger partial charge in [-0.2, -0.15) is 0 Å². The van der Waals surface area contributed by atoms with E-state index in [4.69, 9.17) is 0 Å². The van der Waals surface area contributed by atoms with Gasteiger partial charge in [0, 0.05) is 12.7 Å². The number of fused-ring (bicyclic) bond motifs is 2. The summed E-state index contributed by atoms with van der Waals surface area (Å²) in [5, 5.41) is 0. The van der Waals surface area contributed by atoms with Crippen LogP contribution < -0.4 is 4.31 Å². The molecule has 2 aromatic carbocycles. The van der Waals surface area contributed by atoms with Gasteiger partial charge in [-0.3, -0.25) is 23.8 Å². The fourth-order valence-corrected chi connectivity index (χ4v) is 5.96. The number of aryl methyl sites for hydroxylation is 1. The Kier molecular flexibility index (Phi) is 4.78. The molecule has 162 valence electrons. The van der Waals surface area contributed by atoms with Crippen LogP contribution in [0.5, 0.6) is 0 Å². The Labute approximate surface area is 184 Å². The van der Waals surface area contributed by atoms with Crippen LogP contribution in [0, 0.1) is 5.82 Å². The van der Waals surface area contributed by atoms with Crippen LogP contribution in [0.1, 0.15) is 38.4 Å². The summed E-state index contributed by atoms with van der Waals surface area (Å²) >= 11 is 0. The maximum absolute atomic E-state index is 14.2. The summed E-state index contributed by atoms with van der Waals surface area (Å²) in [5.74, 6) is -1.89. The monoisotopic (exact) mass is 451 g/mol. The number of aromatic nitrogens is 1. The zero-order valence-corrected chi connectivity index (χ0v) is 17.7. The highest BCUT2D eigenvalue weighted by molar-refractivity contribution is 7.92. The highest BCUT2D eigenvalue weighted by Gasteiger charge is 2.38. The van der Waals surface area contributed by atoms with Crippen molar-refractivity contribution < 1.29 is 22.4 Å². The smallest absolute Gasteiger partial charge is 0.268 e. The van der Waals surface area contributed by atoms with Crippen LogP contribution >= 0.6 is 0 Å². The predicted octanol–water partition coefficient (Wildman–Crippen LogP) is 3.16. The number of carbonyl (C=O) groups is 2. The standard InChI is InChI=1S/C23H18FN3O4S/c24-17-10-9-16(14-26-22(28)18-7-3-11-25-21(18)23(26)29)20(13-17)32(30,31)27-12-4-6-15-5-1-2-8-19(15)27/h1-3,5,7-11,13H,4,6,12,14H2. The van der Waals surface area contributed by atoms with E-state index in [9.17, 15) is 22.4 Å². The molecule has 0 saturated carbocycles. The van der Waals surface area contributed by atoms with Gasteiger partial charge in [0.15, 0.2) is 0 Å². The van der Waals surface area contributed by atoms with Crippen LogP contribution in [0.25, 0.3) is 0 Å². The fraction of sp³-hybridized carbons (Fsp3) is 0.174. The van der Waals surface area contributed by atoms with Gasteiger partial charge in [-0.1, -0.05) is 24.3 Å². The first-order valence-corrected chi connectivity index (χ1v) is 11.5. The molecule has 7 nitrogen and oxygen atoms in total. The van der Waals surface area contributed by atoms with Crippen molar-refractivity contribution in [1.82, 2.24) is 9.88 Å². The maximum Gasteiger partial charge on any atom is 0.280 e. The van der Waals surface area contributed by atoms with E-state index in [1.807, 2.05) is 12.1 Å². The molecule has 2 aliphatic rings. The zero-order chi connectivity index (χ0) is 22.5. The predicted molar refractivity (Wildman–Crippen MR) is 114 cm³/mol. The molecule has 2 aliphatic heterocycles. The lowest BCUT2D eigenvalue weighted by atomic mass is 10.0. The highest BCUT2D eigenvalue weighted by Crippen LogP contribution is 2.34. The first kappa shape index (κ1) is 20.3. The first-order valence-electron chi connectivity index (χ1n) is 10.1. The van der Waals surface area contributed by atoms with Crippen molar-refractivity contribution in [1.29, 1.82) is 0 Å². The van der Waals surface area contributed by atoms with E-state index in [0.717, 1.165) is 29.0 Å². The van der Waals surface area contributed by atoms with Crippen LogP contribution in [0.3, 0.4) is 0 Å². The van der Waals surface area contributed by atoms with E-state index in [1.165, 1.54) is 22.6 Å². The number of amides is 2. The number of carbonyl (C=O) groups excluding carboxylic acids is 2. The Morgan fingerprint density at radius 1 is 1.00 bits per heavy atom. The largest absolute Gasteiger partial charge is 0.280 e. The fourth-order valence-electron chi connectivity index (χ4n) is 4.19. The summed E-state index contributed by atoms with van der Waals surface area (Å²) in [5.41, 5.74) is 1.79. The molecule has 0 N–H and O–H groups in total. The second-order valence-corrected chi connectivity index (χ2v) is 9.49. The van der Waals surface area contributed by atoms with E-state index in [1.54, 1.807) is 18.2 Å². The number of hydrogen-bond donors (Lipinski definition) is 0. The number of rotatable bonds is 4. The lowest BCUT2D eigenvalue weighted by molar-refractivity contribution is 0.0639. The molecule has 1 aromatic heterocycles. The summed E-state index contributed by atoms with van der Waals surface area (Å²) < 4.78 is 42.7. The lowest BCUT2D eigenvalue weighted by Crippen LogP contribution is -2.37. The first-order chi connectivity index (χ1) is 15.4. The Bertz CT molecular complexity index is 1340. The Morgan fingerprint density at radius 2 is 1.81 bits per heavy atom. The Morgan fingerprint density at radius 3 is 2.62 bits per heavy atom. The third kappa shape index (κ3) is 3.16. The van der Waals surface area contributed by atoms with Crippen molar-refractivity contribution in [2.75, 3.05) is 10.8 Å². The SMILES string of the molecule is O=C1c2cccnc2C(=O)N1Cc1ccc(F)cc1S(=O)(=O)N1CCCc2ccccc21. The summed E-state index contributed by atoms with van der Waals surface area (Å²) in [4.78, 5) is 30.1. The topological polar surface area (TPSA) is 87.6 Å². The summed E-state index contributed by atoms with van der Waals surface area (Å²) in [6.07, 6.45) is 2.79. The molecule has 0 saturated heterocycles. The van der Waals surface area contributed by atoms with E-state index < -0.39 is 27.7 Å². The van der Waals surface area contributed by atoms with Gasteiger partial charge in [-0.25, -0.2) is 12.8 Å². The number of sulfonamides is 1. The molecule has 0 fully saturated rings. The molecule has 0 radical (unpaired) electrons. The van der Waals surface area contributed by atoms with Gasteiger partial charge in [0.25, 0.3) is 21.8 Å². The third-order valence-electron chi connectivity index (χ3n) is 5.72. The third-order valence-corrected chi connectivity index (χ3v) is 7.62. The van der Waals surface area contributed by atoms with Crippen molar-refractivity contribution in [2.24, 2.45) is 0 Å². The minimum absolute atomic E-state index is 0.0222. The van der Waals surface area contributed by atoms with Crippen LogP contribution in [0.15, 0.2) is 65.7 Å². The van der Waals surface area contributed by atoms with Crippen molar-refractivity contribution >= 4 is 27.5 Å². The number of pyridine rings is 1. The molecule has 9 heteroatoms. The van der Waals surface area contributed by atoms with Gasteiger partial charge in [0.2, 0.25) is 0 Å². The number of para-hydroxylation sites is 1. The molecule has 3 aromatic rings. The van der Waals surface area contributed by atoms with Gasteiger partial charge in [0.1, 0.15) is 11.5 Å². The van der Waals surface area contributed by atoms with Gasteiger partial charge < -0.3 is 0 Å². The quantitative estimate of drug-likeness (QED) is 0.569. The summed E-state index contributed by atoms with van der Waals surface area (Å²) in [7, 11) is -4.14. The van der Waals surface area contributed by atoms with Gasteiger partial charge in [0.05, 0.1) is 22.7 Å². The molecule has 32 heavy (non-hydrogen) atoms. The Balaban J connectivity index is 1.56. The second kappa shape index (κ2) is 7.52. The highest BCUT2D eigenvalue weighted by atomic mass is 32.2. The van der Waals surface area contributed by atoms with E-state index >= 15 is 0 Å². The molecule has 0 spiro atoms. The number of hydrogen-bond acceptors (Lipinski definition) is 5. The minimum atomic E-state index is -4.14. The zero-order valence-electron chi connectivity index (χ0n) is 16.9. The lowest BCUT2D eigenvalue weighted by Gasteiger charge is -2.31. The summed E-state index contributed by atoms with van der Waals surface area (Å²) in [6.45, 7) is -0.0510. The number of halogens is 1. The molecular weight excluding hydrogens is 433 g/mol. The van der Waals surface area contributed by atoms with Gasteiger partial charge in [-0.15, -0.1) is 0 Å². The van der Waals surface area contributed by atoms with Crippen LogP contribution in [-0.4, -0.2) is 36.7 Å². The average Bonchev–Trinajstić information content (AvgIpc) is 3.04. The van der Waals surface area contributed by atoms with Crippen molar-refractivity contribution in [3.8, 4) is 0 Å². The maximum atomic E-state index is 14.2.